The summed E-state index contributed by atoms with van der Waals surface area (Å²) in [7, 11) is 3.29. The molecule has 0 saturated carbocycles. The quantitative estimate of drug-likeness (QED) is 0.209. The Morgan fingerprint density at radius 3 is 2.45 bits per heavy atom. The lowest BCUT2D eigenvalue weighted by molar-refractivity contribution is -0.120. The summed E-state index contributed by atoms with van der Waals surface area (Å²) in [4.78, 5) is 17.1. The predicted molar refractivity (Wildman–Crippen MR) is 150 cm³/mol. The van der Waals surface area contributed by atoms with Crippen molar-refractivity contribution in [3.8, 4) is 17.2 Å². The highest BCUT2D eigenvalue weighted by molar-refractivity contribution is 5.78. The van der Waals surface area contributed by atoms with Crippen LogP contribution in [0.25, 0.3) is 11.0 Å². The molecule has 3 aromatic carbocycles. The van der Waals surface area contributed by atoms with Crippen LogP contribution in [0, 0.1) is 0 Å². The van der Waals surface area contributed by atoms with E-state index in [2.05, 4.69) is 28.1 Å². The first-order chi connectivity index (χ1) is 18.7. The van der Waals surface area contributed by atoms with Crippen LogP contribution in [0.4, 0.5) is 0 Å². The van der Waals surface area contributed by atoms with Crippen molar-refractivity contribution in [2.45, 2.75) is 45.1 Å². The van der Waals surface area contributed by atoms with Crippen molar-refractivity contribution in [1.82, 2.24) is 14.9 Å². The Kier molecular flexibility index (Phi) is 10.0. The molecule has 0 saturated heterocycles. The van der Waals surface area contributed by atoms with Crippen LogP contribution in [0.3, 0.4) is 0 Å². The van der Waals surface area contributed by atoms with Gasteiger partial charge in [0.15, 0.2) is 0 Å². The van der Waals surface area contributed by atoms with Gasteiger partial charge in [-0.15, -0.1) is 0 Å². The van der Waals surface area contributed by atoms with Crippen LogP contribution in [0.15, 0.2) is 72.8 Å². The Morgan fingerprint density at radius 2 is 1.63 bits per heavy atom. The number of nitrogens with zero attached hydrogens (tertiary/aromatic N) is 2. The van der Waals surface area contributed by atoms with Crippen molar-refractivity contribution in [3.05, 3.63) is 84.2 Å². The molecule has 4 rings (SSSR count). The summed E-state index contributed by atoms with van der Waals surface area (Å²) in [5, 5.41) is 3.03. The molecular formula is C31H37N3O4. The van der Waals surface area contributed by atoms with E-state index in [0.29, 0.717) is 19.6 Å². The SMILES string of the molecule is COc1ccc(CC(=O)NCCCCCc2nc3ccccc3n2CCCOc2cccc(OC)c2)cc1. The third-order valence-corrected chi connectivity index (χ3v) is 6.49. The number of benzene rings is 3. The summed E-state index contributed by atoms with van der Waals surface area (Å²) in [5.74, 6) is 3.56. The van der Waals surface area contributed by atoms with Crippen molar-refractivity contribution in [2.75, 3.05) is 27.4 Å². The van der Waals surface area contributed by atoms with Gasteiger partial charge in [0.2, 0.25) is 5.91 Å². The molecule has 1 aromatic heterocycles. The molecule has 0 aliphatic heterocycles. The molecule has 0 aliphatic rings. The number of para-hydroxylation sites is 2. The van der Waals surface area contributed by atoms with Crippen molar-refractivity contribution in [1.29, 1.82) is 0 Å². The number of hydrogen-bond acceptors (Lipinski definition) is 5. The first-order valence-corrected chi connectivity index (χ1v) is 13.3. The number of fused-ring (bicyclic) bond motifs is 1. The number of methoxy groups -OCH3 is 2. The summed E-state index contributed by atoms with van der Waals surface area (Å²) in [6.45, 7) is 2.16. The van der Waals surface area contributed by atoms with Crippen molar-refractivity contribution in [3.63, 3.8) is 0 Å². The Bertz CT molecular complexity index is 1300. The van der Waals surface area contributed by atoms with Gasteiger partial charge in [0.25, 0.3) is 0 Å². The van der Waals surface area contributed by atoms with Gasteiger partial charge in [-0.1, -0.05) is 36.8 Å². The third-order valence-electron chi connectivity index (χ3n) is 6.49. The number of nitrogens with one attached hydrogen (secondary N) is 1. The topological polar surface area (TPSA) is 74.6 Å². The molecule has 1 heterocycles. The number of aryl methyl sites for hydroxylation is 2. The summed E-state index contributed by atoms with van der Waals surface area (Å²) < 4.78 is 18.7. The van der Waals surface area contributed by atoms with Gasteiger partial charge in [-0.3, -0.25) is 4.79 Å². The molecule has 38 heavy (non-hydrogen) atoms. The number of carbonyl (C=O) groups excluding carboxylic acids is 1. The average molecular weight is 516 g/mol. The van der Waals surface area contributed by atoms with E-state index in [0.717, 1.165) is 78.3 Å². The number of aromatic nitrogens is 2. The molecular weight excluding hydrogens is 478 g/mol. The minimum atomic E-state index is 0.0492. The zero-order valence-electron chi connectivity index (χ0n) is 22.3. The lowest BCUT2D eigenvalue weighted by atomic mass is 10.1. The molecule has 7 nitrogen and oxygen atoms in total. The lowest BCUT2D eigenvalue weighted by Crippen LogP contribution is -2.26. The van der Waals surface area contributed by atoms with E-state index in [1.54, 1.807) is 14.2 Å². The van der Waals surface area contributed by atoms with Gasteiger partial charge in [-0.25, -0.2) is 4.98 Å². The maximum atomic E-state index is 12.2. The number of amides is 1. The highest BCUT2D eigenvalue weighted by Crippen LogP contribution is 2.21. The largest absolute Gasteiger partial charge is 0.497 e. The van der Waals surface area contributed by atoms with E-state index in [1.807, 2.05) is 54.6 Å². The molecule has 200 valence electrons. The highest BCUT2D eigenvalue weighted by atomic mass is 16.5. The molecule has 0 fully saturated rings. The van der Waals surface area contributed by atoms with Gasteiger partial charge in [-0.05, 0) is 61.2 Å². The van der Waals surface area contributed by atoms with Gasteiger partial charge in [0, 0.05) is 25.6 Å². The number of unbranched alkanes of at least 4 members (excludes halogenated alkanes) is 2. The summed E-state index contributed by atoms with van der Waals surface area (Å²) in [6.07, 6.45) is 5.18. The Balaban J connectivity index is 1.20. The van der Waals surface area contributed by atoms with E-state index in [-0.39, 0.29) is 5.91 Å². The van der Waals surface area contributed by atoms with Crippen molar-refractivity contribution < 1.29 is 19.0 Å². The fourth-order valence-electron chi connectivity index (χ4n) is 4.47. The van der Waals surface area contributed by atoms with Gasteiger partial charge in [0.05, 0.1) is 38.3 Å². The Labute approximate surface area is 224 Å². The minimum absolute atomic E-state index is 0.0492. The van der Waals surface area contributed by atoms with E-state index < -0.39 is 0 Å². The first-order valence-electron chi connectivity index (χ1n) is 13.3. The normalized spacial score (nSPS) is 10.9. The Hall–Kier alpha value is -4.00. The van der Waals surface area contributed by atoms with Crippen LogP contribution >= 0.6 is 0 Å². The van der Waals surface area contributed by atoms with Crippen LogP contribution in [0.5, 0.6) is 17.2 Å². The van der Waals surface area contributed by atoms with Crippen molar-refractivity contribution >= 4 is 16.9 Å². The monoisotopic (exact) mass is 515 g/mol. The first kappa shape index (κ1) is 27.0. The maximum absolute atomic E-state index is 12.2. The number of ether oxygens (including phenoxy) is 3. The lowest BCUT2D eigenvalue weighted by Gasteiger charge is -2.11. The molecule has 1 amide bonds. The third kappa shape index (κ3) is 7.75. The molecule has 0 bridgehead atoms. The van der Waals surface area contributed by atoms with E-state index >= 15 is 0 Å². The zero-order valence-corrected chi connectivity index (χ0v) is 22.3. The predicted octanol–water partition coefficient (Wildman–Crippen LogP) is 5.59. The summed E-state index contributed by atoms with van der Waals surface area (Å²) >= 11 is 0. The van der Waals surface area contributed by atoms with Gasteiger partial charge < -0.3 is 24.1 Å². The fraction of sp³-hybridized carbons (Fsp3) is 0.355. The van der Waals surface area contributed by atoms with Crippen LogP contribution in [0.2, 0.25) is 0 Å². The van der Waals surface area contributed by atoms with E-state index in [4.69, 9.17) is 19.2 Å². The average Bonchev–Trinajstić information content (AvgIpc) is 3.30. The number of carbonyl (C=O) groups is 1. The van der Waals surface area contributed by atoms with Gasteiger partial charge in [0.1, 0.15) is 23.1 Å². The zero-order chi connectivity index (χ0) is 26.6. The van der Waals surface area contributed by atoms with Gasteiger partial charge in [-0.2, -0.15) is 0 Å². The van der Waals surface area contributed by atoms with Gasteiger partial charge >= 0.3 is 0 Å². The van der Waals surface area contributed by atoms with Crippen LogP contribution in [-0.2, 0) is 24.2 Å². The minimum Gasteiger partial charge on any atom is -0.497 e. The standard InChI is InChI=1S/C31H37N3O4/c1-36-25-17-15-24(16-18-25)22-31(35)32-19-7-3-4-14-30-33-28-12-5-6-13-29(28)34(30)20-9-21-38-27-11-8-10-26(23-27)37-2/h5-6,8,10-13,15-18,23H,3-4,7,9,14,19-22H2,1-2H3,(H,32,35). The van der Waals surface area contributed by atoms with E-state index in [9.17, 15) is 4.79 Å². The second-order valence-electron chi connectivity index (χ2n) is 9.23. The smallest absolute Gasteiger partial charge is 0.224 e. The maximum Gasteiger partial charge on any atom is 0.224 e. The molecule has 1 N–H and O–H groups in total. The van der Waals surface area contributed by atoms with Crippen LogP contribution < -0.4 is 19.5 Å². The summed E-state index contributed by atoms with van der Waals surface area (Å²) in [5.41, 5.74) is 3.17. The van der Waals surface area contributed by atoms with Crippen molar-refractivity contribution in [2.24, 2.45) is 0 Å². The molecule has 0 unspecified atom stereocenters. The molecule has 4 aromatic rings. The molecule has 0 aliphatic carbocycles. The van der Waals surface area contributed by atoms with Crippen LogP contribution in [0.1, 0.15) is 37.1 Å². The summed E-state index contributed by atoms with van der Waals surface area (Å²) in [6, 6.07) is 23.6. The second-order valence-corrected chi connectivity index (χ2v) is 9.23. The Morgan fingerprint density at radius 1 is 0.842 bits per heavy atom. The number of rotatable bonds is 15. The number of imidazole rings is 1. The van der Waals surface area contributed by atoms with Crippen LogP contribution in [-0.4, -0.2) is 42.8 Å². The second kappa shape index (κ2) is 14.1. The molecule has 0 radical (unpaired) electrons. The highest BCUT2D eigenvalue weighted by Gasteiger charge is 2.10. The molecule has 0 spiro atoms. The fourth-order valence-corrected chi connectivity index (χ4v) is 4.47. The number of hydrogen-bond donors (Lipinski definition) is 1. The molecule has 7 heteroatoms. The van der Waals surface area contributed by atoms with E-state index in [1.165, 1.54) is 0 Å². The molecule has 0 atom stereocenters.